The fourth-order valence-corrected chi connectivity index (χ4v) is 3.17. The number of halogens is 2. The first-order valence-corrected chi connectivity index (χ1v) is 9.76. The molecule has 1 aliphatic rings. The topological polar surface area (TPSA) is 74.2 Å². The Morgan fingerprint density at radius 3 is 2.56 bits per heavy atom. The second-order valence-corrected chi connectivity index (χ2v) is 7.00. The summed E-state index contributed by atoms with van der Waals surface area (Å²) in [6, 6.07) is 17.0. The third kappa shape index (κ3) is 4.38. The Bertz CT molecular complexity index is 1280. The number of esters is 2. The highest BCUT2D eigenvalue weighted by Gasteiger charge is 2.25. The van der Waals surface area contributed by atoms with Crippen LogP contribution in [0, 0.1) is 5.82 Å². The van der Waals surface area contributed by atoms with Crippen molar-refractivity contribution in [1.82, 2.24) is 0 Å². The van der Waals surface area contributed by atoms with E-state index in [1.54, 1.807) is 36.4 Å². The molecule has 0 unspecified atom stereocenters. The number of nitrogens with zero attached hydrogens (tertiary/aromatic N) is 1. The van der Waals surface area contributed by atoms with Crippen LogP contribution in [0.5, 0.6) is 11.5 Å². The fourth-order valence-electron chi connectivity index (χ4n) is 2.96. The first-order chi connectivity index (χ1) is 15.5. The second kappa shape index (κ2) is 9.03. The Labute approximate surface area is 187 Å². The largest absolute Gasteiger partial charge is 0.493 e. The van der Waals surface area contributed by atoms with Gasteiger partial charge in [0, 0.05) is 0 Å². The number of cyclic esters (lactones) is 1. The number of rotatable bonds is 5. The summed E-state index contributed by atoms with van der Waals surface area (Å²) in [5.74, 6) is -1.77. The maximum atomic E-state index is 13.8. The van der Waals surface area contributed by atoms with Gasteiger partial charge >= 0.3 is 11.9 Å². The molecule has 0 fully saturated rings. The molecule has 8 heteroatoms. The summed E-state index contributed by atoms with van der Waals surface area (Å²) in [5, 5.41) is 0.406. The minimum Gasteiger partial charge on any atom is -0.493 e. The molecule has 3 aromatic carbocycles. The summed E-state index contributed by atoms with van der Waals surface area (Å²) in [6.45, 7) is 0. The Kier molecular flexibility index (Phi) is 6.00. The summed E-state index contributed by atoms with van der Waals surface area (Å²) in [5.41, 5.74) is 0.913. The monoisotopic (exact) mass is 451 g/mol. The molecule has 0 saturated carbocycles. The van der Waals surface area contributed by atoms with E-state index in [2.05, 4.69) is 4.99 Å². The van der Waals surface area contributed by atoms with Crippen LogP contribution in [0.15, 0.2) is 77.4 Å². The van der Waals surface area contributed by atoms with E-state index in [0.29, 0.717) is 16.1 Å². The molecule has 0 bridgehead atoms. The zero-order valence-corrected chi connectivity index (χ0v) is 17.4. The van der Waals surface area contributed by atoms with Crippen LogP contribution in [0.1, 0.15) is 21.5 Å². The van der Waals surface area contributed by atoms with Gasteiger partial charge in [-0.2, -0.15) is 0 Å². The summed E-state index contributed by atoms with van der Waals surface area (Å²) in [4.78, 5) is 28.8. The lowest BCUT2D eigenvalue weighted by molar-refractivity contribution is -0.129. The zero-order chi connectivity index (χ0) is 22.7. The lowest BCUT2D eigenvalue weighted by atomic mass is 10.1. The Balaban J connectivity index is 1.60. The molecule has 0 aromatic heterocycles. The molecule has 1 aliphatic heterocycles. The molecule has 0 spiro atoms. The average molecular weight is 452 g/mol. The lowest BCUT2D eigenvalue weighted by Gasteiger charge is -2.10. The van der Waals surface area contributed by atoms with Crippen molar-refractivity contribution in [3.63, 3.8) is 0 Å². The van der Waals surface area contributed by atoms with Crippen molar-refractivity contribution in [2.45, 2.75) is 0 Å². The van der Waals surface area contributed by atoms with E-state index in [1.165, 1.54) is 43.5 Å². The first kappa shape index (κ1) is 21.3. The van der Waals surface area contributed by atoms with Gasteiger partial charge < -0.3 is 14.2 Å². The van der Waals surface area contributed by atoms with Crippen molar-refractivity contribution in [2.24, 2.45) is 4.99 Å². The SMILES string of the molecule is COc1cc(/C=C2/N=C(c3ccccc3Cl)OC2=O)ccc1OC(=O)c1ccccc1F. The zero-order valence-electron chi connectivity index (χ0n) is 16.7. The maximum Gasteiger partial charge on any atom is 0.363 e. The molecule has 4 rings (SSSR count). The lowest BCUT2D eigenvalue weighted by Crippen LogP contribution is -2.11. The number of aliphatic imine (C=N–C) groups is 1. The third-order valence-corrected chi connectivity index (χ3v) is 4.84. The minimum atomic E-state index is -0.860. The van der Waals surface area contributed by atoms with Crippen molar-refractivity contribution in [2.75, 3.05) is 7.11 Å². The number of carbonyl (C=O) groups excluding carboxylic acids is 2. The molecule has 1 heterocycles. The number of hydrogen-bond donors (Lipinski definition) is 0. The predicted molar refractivity (Wildman–Crippen MR) is 116 cm³/mol. The van der Waals surface area contributed by atoms with Gasteiger partial charge in [0.05, 0.1) is 23.3 Å². The molecule has 3 aromatic rings. The highest BCUT2D eigenvalue weighted by atomic mass is 35.5. The number of benzene rings is 3. The van der Waals surface area contributed by atoms with Crippen LogP contribution in [0.3, 0.4) is 0 Å². The van der Waals surface area contributed by atoms with E-state index in [9.17, 15) is 14.0 Å². The van der Waals surface area contributed by atoms with Crippen molar-refractivity contribution < 1.29 is 28.2 Å². The van der Waals surface area contributed by atoms with Gasteiger partial charge in [-0.25, -0.2) is 19.0 Å². The molecule has 0 amide bonds. The molecule has 160 valence electrons. The summed E-state index contributed by atoms with van der Waals surface area (Å²) in [7, 11) is 1.39. The molecular formula is C24H15ClFNO5. The van der Waals surface area contributed by atoms with E-state index < -0.39 is 17.8 Å². The normalized spacial score (nSPS) is 14.2. The number of hydrogen-bond acceptors (Lipinski definition) is 6. The standard InChI is InChI=1S/C24H15ClFNO5/c1-30-21-13-14(10-11-20(21)31-23(28)16-7-3-5-9-18(16)26)12-19-24(29)32-22(27-19)15-6-2-4-8-17(15)25/h2-13H,1H3/b19-12+. The van der Waals surface area contributed by atoms with Crippen molar-refractivity contribution in [3.05, 3.63) is 100.0 Å². The van der Waals surface area contributed by atoms with Crippen LogP contribution >= 0.6 is 11.6 Å². The van der Waals surface area contributed by atoms with Crippen molar-refractivity contribution >= 4 is 35.5 Å². The summed E-state index contributed by atoms with van der Waals surface area (Å²) < 4.78 is 29.6. The number of methoxy groups -OCH3 is 1. The van der Waals surface area contributed by atoms with Gasteiger partial charge in [0.2, 0.25) is 5.90 Å². The van der Waals surface area contributed by atoms with Crippen LogP contribution in [0.25, 0.3) is 6.08 Å². The molecule has 0 saturated heterocycles. The van der Waals surface area contributed by atoms with E-state index in [4.69, 9.17) is 25.8 Å². The molecular weight excluding hydrogens is 437 g/mol. The van der Waals surface area contributed by atoms with Crippen molar-refractivity contribution in [1.29, 1.82) is 0 Å². The Morgan fingerprint density at radius 1 is 1.06 bits per heavy atom. The summed E-state index contributed by atoms with van der Waals surface area (Å²) >= 11 is 6.14. The number of carbonyl (C=O) groups is 2. The van der Waals surface area contributed by atoms with E-state index in [0.717, 1.165) is 0 Å². The van der Waals surface area contributed by atoms with E-state index >= 15 is 0 Å². The molecule has 0 atom stereocenters. The van der Waals surface area contributed by atoms with Crippen LogP contribution < -0.4 is 9.47 Å². The smallest absolute Gasteiger partial charge is 0.363 e. The van der Waals surface area contributed by atoms with Crippen LogP contribution in [-0.2, 0) is 9.53 Å². The van der Waals surface area contributed by atoms with Crippen LogP contribution in [0.2, 0.25) is 5.02 Å². The Morgan fingerprint density at radius 2 is 1.81 bits per heavy atom. The molecule has 0 radical (unpaired) electrons. The van der Waals surface area contributed by atoms with E-state index in [-0.39, 0.29) is 28.7 Å². The Hall–Kier alpha value is -3.97. The van der Waals surface area contributed by atoms with Gasteiger partial charge in [0.15, 0.2) is 17.2 Å². The highest BCUT2D eigenvalue weighted by Crippen LogP contribution is 2.31. The maximum absolute atomic E-state index is 13.8. The van der Waals surface area contributed by atoms with Gasteiger partial charge in [-0.05, 0) is 48.0 Å². The van der Waals surface area contributed by atoms with Crippen molar-refractivity contribution in [3.8, 4) is 11.5 Å². The highest BCUT2D eigenvalue weighted by molar-refractivity contribution is 6.34. The average Bonchev–Trinajstić information content (AvgIpc) is 3.15. The molecule has 0 aliphatic carbocycles. The molecule has 32 heavy (non-hydrogen) atoms. The minimum absolute atomic E-state index is 0.0677. The van der Waals surface area contributed by atoms with E-state index in [1.807, 2.05) is 0 Å². The third-order valence-electron chi connectivity index (χ3n) is 4.51. The van der Waals surface area contributed by atoms with Gasteiger partial charge in [-0.15, -0.1) is 0 Å². The first-order valence-electron chi connectivity index (χ1n) is 9.38. The fraction of sp³-hybridized carbons (Fsp3) is 0.0417. The second-order valence-electron chi connectivity index (χ2n) is 6.60. The van der Waals surface area contributed by atoms with Crippen LogP contribution in [-0.4, -0.2) is 24.9 Å². The molecule has 6 nitrogen and oxygen atoms in total. The van der Waals surface area contributed by atoms with Gasteiger partial charge in [0.1, 0.15) is 5.82 Å². The van der Waals surface area contributed by atoms with Crippen LogP contribution in [0.4, 0.5) is 4.39 Å². The van der Waals surface area contributed by atoms with Gasteiger partial charge in [-0.3, -0.25) is 0 Å². The summed E-state index contributed by atoms with van der Waals surface area (Å²) in [6.07, 6.45) is 1.50. The predicted octanol–water partition coefficient (Wildman–Crippen LogP) is 5.05. The quantitative estimate of drug-likeness (QED) is 0.308. The van der Waals surface area contributed by atoms with Gasteiger partial charge in [-0.1, -0.05) is 41.9 Å². The molecule has 0 N–H and O–H groups in total. The van der Waals surface area contributed by atoms with Gasteiger partial charge in [0.25, 0.3) is 0 Å². The number of ether oxygens (including phenoxy) is 3.